The molecule has 11 N–H and O–H groups in total. The normalized spacial score (nSPS) is 15.3. The van der Waals surface area contributed by atoms with Crippen molar-refractivity contribution in [2.24, 2.45) is 11.5 Å². The average Bonchev–Trinajstić information content (AvgIpc) is 2.69. The zero-order valence-corrected chi connectivity index (χ0v) is 18.0. The number of rotatable bonds is 16. The lowest BCUT2D eigenvalue weighted by atomic mass is 10.1. The van der Waals surface area contributed by atoms with Crippen LogP contribution in [0.1, 0.15) is 39.0 Å². The standard InChI is InChI=1S/C18H31N5O10/c1-8(24)14(17(31)22-11(18(32)33)7-13(27)28)23-16(30)10(6-12(25)26)21-15(29)9(20)4-2-3-5-19/h8-11,14,24H,2-7,19-20H2,1H3,(H,21,29)(H,22,31)(H,23,30)(H,25,26)(H,27,28)(H,32,33). The van der Waals surface area contributed by atoms with E-state index in [0.29, 0.717) is 19.4 Å². The molecule has 0 heterocycles. The highest BCUT2D eigenvalue weighted by Gasteiger charge is 2.34. The van der Waals surface area contributed by atoms with E-state index in [0.717, 1.165) is 6.92 Å². The summed E-state index contributed by atoms with van der Waals surface area (Å²) in [5.74, 6) is -7.86. The molecule has 0 radical (unpaired) electrons. The predicted octanol–water partition coefficient (Wildman–Crippen LogP) is -3.69. The highest BCUT2D eigenvalue weighted by molar-refractivity contribution is 5.96. The molecule has 0 aliphatic carbocycles. The minimum absolute atomic E-state index is 0.225. The summed E-state index contributed by atoms with van der Waals surface area (Å²) in [7, 11) is 0. The van der Waals surface area contributed by atoms with Crippen molar-refractivity contribution in [3.63, 3.8) is 0 Å². The van der Waals surface area contributed by atoms with Crippen LogP contribution in [0.2, 0.25) is 0 Å². The van der Waals surface area contributed by atoms with Gasteiger partial charge in [-0.05, 0) is 26.3 Å². The fourth-order valence-corrected chi connectivity index (χ4v) is 2.60. The third-order valence-electron chi connectivity index (χ3n) is 4.37. The summed E-state index contributed by atoms with van der Waals surface area (Å²) in [6, 6.07) is -6.35. The van der Waals surface area contributed by atoms with E-state index in [1.165, 1.54) is 0 Å². The van der Waals surface area contributed by atoms with Gasteiger partial charge in [0.15, 0.2) is 0 Å². The first-order valence-electron chi connectivity index (χ1n) is 10.0. The van der Waals surface area contributed by atoms with Gasteiger partial charge in [0, 0.05) is 0 Å². The van der Waals surface area contributed by atoms with E-state index in [4.69, 9.17) is 26.8 Å². The molecule has 0 bridgehead atoms. The first kappa shape index (κ1) is 29.7. The first-order chi connectivity index (χ1) is 15.3. The van der Waals surface area contributed by atoms with Crippen molar-refractivity contribution in [1.82, 2.24) is 16.0 Å². The molecule has 0 rings (SSSR count). The second kappa shape index (κ2) is 14.7. The number of amides is 3. The van der Waals surface area contributed by atoms with Crippen LogP contribution in [0.25, 0.3) is 0 Å². The van der Waals surface area contributed by atoms with E-state index >= 15 is 0 Å². The van der Waals surface area contributed by atoms with Gasteiger partial charge in [-0.2, -0.15) is 0 Å². The topological polar surface area (TPSA) is 271 Å². The highest BCUT2D eigenvalue weighted by atomic mass is 16.4. The van der Waals surface area contributed by atoms with Gasteiger partial charge < -0.3 is 47.8 Å². The maximum atomic E-state index is 12.6. The van der Waals surface area contributed by atoms with Crippen LogP contribution in [0.5, 0.6) is 0 Å². The van der Waals surface area contributed by atoms with Crippen LogP contribution >= 0.6 is 0 Å². The Kier molecular flexibility index (Phi) is 13.2. The van der Waals surface area contributed by atoms with Gasteiger partial charge in [-0.3, -0.25) is 24.0 Å². The highest BCUT2D eigenvalue weighted by Crippen LogP contribution is 2.03. The van der Waals surface area contributed by atoms with Gasteiger partial charge in [0.25, 0.3) is 0 Å². The third-order valence-corrected chi connectivity index (χ3v) is 4.37. The first-order valence-corrected chi connectivity index (χ1v) is 10.0. The lowest BCUT2D eigenvalue weighted by molar-refractivity contribution is -0.148. The SMILES string of the molecule is CC(O)C(NC(=O)C(CC(=O)O)NC(=O)C(N)CCCCN)C(=O)NC(CC(=O)O)C(=O)O. The number of carboxylic acid groups (broad SMARTS) is 3. The molecule has 0 spiro atoms. The Balaban J connectivity index is 5.38. The molecule has 0 fully saturated rings. The van der Waals surface area contributed by atoms with Crippen LogP contribution in [0.15, 0.2) is 0 Å². The molecule has 0 aromatic carbocycles. The maximum Gasteiger partial charge on any atom is 0.326 e. The van der Waals surface area contributed by atoms with Crippen LogP contribution in [-0.2, 0) is 28.8 Å². The van der Waals surface area contributed by atoms with Crippen molar-refractivity contribution in [1.29, 1.82) is 0 Å². The Morgan fingerprint density at radius 3 is 1.76 bits per heavy atom. The molecular weight excluding hydrogens is 446 g/mol. The van der Waals surface area contributed by atoms with Gasteiger partial charge in [-0.1, -0.05) is 6.42 Å². The molecular formula is C18H31N5O10. The minimum atomic E-state index is -1.85. The molecule has 0 aromatic rings. The number of carboxylic acids is 3. The Morgan fingerprint density at radius 2 is 1.30 bits per heavy atom. The van der Waals surface area contributed by atoms with Crippen molar-refractivity contribution >= 4 is 35.6 Å². The molecule has 3 amide bonds. The van der Waals surface area contributed by atoms with Gasteiger partial charge in [0.2, 0.25) is 17.7 Å². The number of nitrogens with one attached hydrogen (secondary N) is 3. The Morgan fingerprint density at radius 1 is 0.788 bits per heavy atom. The number of carbonyl (C=O) groups is 6. The minimum Gasteiger partial charge on any atom is -0.481 e. The largest absolute Gasteiger partial charge is 0.481 e. The number of nitrogens with two attached hydrogens (primary N) is 2. The lowest BCUT2D eigenvalue weighted by Crippen LogP contribution is -2.60. The number of carbonyl (C=O) groups excluding carboxylic acids is 3. The lowest BCUT2D eigenvalue weighted by Gasteiger charge is -2.25. The Bertz CT molecular complexity index is 729. The molecule has 0 saturated heterocycles. The van der Waals surface area contributed by atoms with Crippen LogP contribution in [0.4, 0.5) is 0 Å². The molecule has 15 nitrogen and oxygen atoms in total. The number of hydrogen-bond donors (Lipinski definition) is 9. The van der Waals surface area contributed by atoms with E-state index in [1.807, 2.05) is 10.6 Å². The van der Waals surface area contributed by atoms with E-state index in [-0.39, 0.29) is 6.42 Å². The van der Waals surface area contributed by atoms with Gasteiger partial charge in [-0.15, -0.1) is 0 Å². The van der Waals surface area contributed by atoms with E-state index < -0.39 is 78.7 Å². The van der Waals surface area contributed by atoms with Crippen molar-refractivity contribution in [3.8, 4) is 0 Å². The second-order valence-electron chi connectivity index (χ2n) is 7.27. The fraction of sp³-hybridized carbons (Fsp3) is 0.667. The summed E-state index contributed by atoms with van der Waals surface area (Å²) in [6.45, 7) is 1.46. The molecule has 188 valence electrons. The summed E-state index contributed by atoms with van der Waals surface area (Å²) in [5, 5.41) is 42.8. The Labute approximate surface area is 188 Å². The van der Waals surface area contributed by atoms with Gasteiger partial charge in [0.05, 0.1) is 25.0 Å². The van der Waals surface area contributed by atoms with Crippen molar-refractivity contribution in [3.05, 3.63) is 0 Å². The average molecular weight is 477 g/mol. The van der Waals surface area contributed by atoms with Gasteiger partial charge >= 0.3 is 17.9 Å². The molecule has 0 aromatic heterocycles. The Hall–Kier alpha value is -3.30. The molecule has 0 aliphatic rings. The molecule has 5 unspecified atom stereocenters. The maximum absolute atomic E-state index is 12.6. The van der Waals surface area contributed by atoms with Crippen LogP contribution in [0, 0.1) is 0 Å². The van der Waals surface area contributed by atoms with Gasteiger partial charge in [0.1, 0.15) is 18.1 Å². The molecule has 0 saturated carbocycles. The number of aliphatic hydroxyl groups excluding tert-OH is 1. The molecule has 33 heavy (non-hydrogen) atoms. The molecule has 5 atom stereocenters. The number of aliphatic hydroxyl groups is 1. The van der Waals surface area contributed by atoms with E-state index in [2.05, 4.69) is 5.32 Å². The predicted molar refractivity (Wildman–Crippen MR) is 110 cm³/mol. The summed E-state index contributed by atoms with van der Waals surface area (Å²) >= 11 is 0. The van der Waals surface area contributed by atoms with Crippen LogP contribution in [0.3, 0.4) is 0 Å². The quantitative estimate of drug-likeness (QED) is 0.0972. The summed E-state index contributed by atoms with van der Waals surface area (Å²) in [5.41, 5.74) is 11.1. The van der Waals surface area contributed by atoms with E-state index in [9.17, 15) is 33.9 Å². The van der Waals surface area contributed by atoms with Gasteiger partial charge in [-0.25, -0.2) is 4.79 Å². The third kappa shape index (κ3) is 11.8. The van der Waals surface area contributed by atoms with E-state index in [1.54, 1.807) is 0 Å². The monoisotopic (exact) mass is 477 g/mol. The van der Waals surface area contributed by atoms with Crippen LogP contribution < -0.4 is 27.4 Å². The number of unbranched alkanes of at least 4 members (excludes halogenated alkanes) is 1. The number of aliphatic carboxylic acids is 3. The van der Waals surface area contributed by atoms with Crippen molar-refractivity contribution < 1.29 is 49.2 Å². The molecule has 0 aliphatic heterocycles. The fourth-order valence-electron chi connectivity index (χ4n) is 2.60. The number of hydrogen-bond acceptors (Lipinski definition) is 9. The zero-order chi connectivity index (χ0) is 25.7. The summed E-state index contributed by atoms with van der Waals surface area (Å²) in [6.07, 6.45) is -2.09. The van der Waals surface area contributed by atoms with Crippen LogP contribution in [-0.4, -0.2) is 92.9 Å². The smallest absolute Gasteiger partial charge is 0.326 e. The molecule has 15 heteroatoms. The summed E-state index contributed by atoms with van der Waals surface area (Å²) in [4.78, 5) is 70.2. The second-order valence-corrected chi connectivity index (χ2v) is 7.27. The zero-order valence-electron chi connectivity index (χ0n) is 18.0. The van der Waals surface area contributed by atoms with Crippen molar-refractivity contribution in [2.45, 2.75) is 69.3 Å². The summed E-state index contributed by atoms with van der Waals surface area (Å²) < 4.78 is 0. The van der Waals surface area contributed by atoms with Crippen molar-refractivity contribution in [2.75, 3.05) is 6.54 Å².